The molecule has 120 valence electrons. The maximum absolute atomic E-state index is 5.29. The number of guanidine groups is 1. The highest BCUT2D eigenvalue weighted by Gasteiger charge is 2.07. The minimum absolute atomic E-state index is 0.373. The van der Waals surface area contributed by atoms with Gasteiger partial charge in [0.05, 0.1) is 18.6 Å². The van der Waals surface area contributed by atoms with Crippen LogP contribution in [0.3, 0.4) is 0 Å². The van der Waals surface area contributed by atoms with Gasteiger partial charge in [0.15, 0.2) is 11.7 Å². The van der Waals surface area contributed by atoms with E-state index in [1.807, 2.05) is 18.6 Å². The van der Waals surface area contributed by atoms with E-state index in [1.165, 1.54) is 0 Å². The molecule has 2 heterocycles. The zero-order valence-electron chi connectivity index (χ0n) is 13.4. The monoisotopic (exact) mass is 304 g/mol. The number of hydrogen-bond donors (Lipinski definition) is 2. The Kier molecular flexibility index (Phi) is 6.00. The van der Waals surface area contributed by atoms with Gasteiger partial charge in [-0.05, 0) is 12.3 Å². The number of aromatic nitrogens is 3. The second-order valence-corrected chi connectivity index (χ2v) is 5.38. The van der Waals surface area contributed by atoms with Crippen LogP contribution < -0.4 is 10.6 Å². The van der Waals surface area contributed by atoms with Crippen LogP contribution in [-0.2, 0) is 13.1 Å². The van der Waals surface area contributed by atoms with Crippen LogP contribution in [-0.4, -0.2) is 34.3 Å². The zero-order chi connectivity index (χ0) is 15.8. The maximum Gasteiger partial charge on any atom is 0.191 e. The van der Waals surface area contributed by atoms with E-state index in [-0.39, 0.29) is 0 Å². The summed E-state index contributed by atoms with van der Waals surface area (Å²) in [6.45, 7) is 6.53. The second-order valence-electron chi connectivity index (χ2n) is 5.38. The van der Waals surface area contributed by atoms with Crippen LogP contribution in [0.2, 0.25) is 0 Å². The molecule has 0 aliphatic carbocycles. The van der Waals surface area contributed by atoms with Gasteiger partial charge in [-0.1, -0.05) is 19.0 Å². The van der Waals surface area contributed by atoms with Crippen molar-refractivity contribution >= 4 is 5.96 Å². The lowest BCUT2D eigenvalue weighted by molar-refractivity contribution is 0.372. The number of rotatable bonds is 7. The predicted molar refractivity (Wildman–Crippen MR) is 85.6 cm³/mol. The molecular weight excluding hydrogens is 280 g/mol. The molecular formula is C15H24N6O. The molecule has 0 spiro atoms. The van der Waals surface area contributed by atoms with Crippen molar-refractivity contribution in [3.63, 3.8) is 0 Å². The first-order chi connectivity index (χ1) is 10.7. The highest BCUT2D eigenvalue weighted by atomic mass is 16.5. The Morgan fingerprint density at radius 1 is 1.41 bits per heavy atom. The standard InChI is InChI=1S/C15H24N6O/c1-12(2)14-9-13(22-20-14)10-19-15(16-3)18-5-4-7-21-8-6-17-11-21/h6,8-9,11-12H,4-5,7,10H2,1-3H3,(H2,16,18,19). The van der Waals surface area contributed by atoms with Crippen molar-refractivity contribution < 1.29 is 4.52 Å². The normalized spacial score (nSPS) is 11.9. The SMILES string of the molecule is CN=C(NCCCn1ccnc1)NCc1cc(C(C)C)no1. The predicted octanol–water partition coefficient (Wildman–Crippen LogP) is 1.75. The van der Waals surface area contributed by atoms with Gasteiger partial charge in [-0.3, -0.25) is 4.99 Å². The number of aliphatic imine (C=N–C) groups is 1. The highest BCUT2D eigenvalue weighted by molar-refractivity contribution is 5.79. The van der Waals surface area contributed by atoms with E-state index in [0.717, 1.165) is 36.9 Å². The molecule has 2 aromatic rings. The van der Waals surface area contributed by atoms with Gasteiger partial charge >= 0.3 is 0 Å². The highest BCUT2D eigenvalue weighted by Crippen LogP contribution is 2.13. The van der Waals surface area contributed by atoms with Crippen LogP contribution in [0.25, 0.3) is 0 Å². The second kappa shape index (κ2) is 8.21. The summed E-state index contributed by atoms with van der Waals surface area (Å²) in [6.07, 6.45) is 6.57. The molecule has 2 rings (SSSR count). The molecule has 0 saturated carbocycles. The fourth-order valence-corrected chi connectivity index (χ4v) is 1.96. The third-order valence-corrected chi connectivity index (χ3v) is 3.27. The van der Waals surface area contributed by atoms with Gasteiger partial charge in [0.1, 0.15) is 0 Å². The smallest absolute Gasteiger partial charge is 0.191 e. The first-order valence-corrected chi connectivity index (χ1v) is 7.54. The Hall–Kier alpha value is -2.31. The number of hydrogen-bond acceptors (Lipinski definition) is 4. The van der Waals surface area contributed by atoms with Crippen LogP contribution in [0.5, 0.6) is 0 Å². The number of aryl methyl sites for hydroxylation is 1. The lowest BCUT2D eigenvalue weighted by atomic mass is 10.1. The van der Waals surface area contributed by atoms with Gasteiger partial charge in [-0.2, -0.15) is 0 Å². The summed E-state index contributed by atoms with van der Waals surface area (Å²) in [5.41, 5.74) is 0.972. The average molecular weight is 304 g/mol. The van der Waals surface area contributed by atoms with Crippen molar-refractivity contribution in [1.82, 2.24) is 25.3 Å². The third-order valence-electron chi connectivity index (χ3n) is 3.27. The van der Waals surface area contributed by atoms with E-state index in [9.17, 15) is 0 Å². The van der Waals surface area contributed by atoms with Gasteiger partial charge in [-0.25, -0.2) is 4.98 Å². The van der Waals surface area contributed by atoms with E-state index in [2.05, 4.69) is 44.2 Å². The molecule has 0 fully saturated rings. The molecule has 0 unspecified atom stereocenters. The summed E-state index contributed by atoms with van der Waals surface area (Å²) < 4.78 is 7.35. The third kappa shape index (κ3) is 4.91. The van der Waals surface area contributed by atoms with Crippen LogP contribution in [0.1, 0.15) is 37.6 Å². The van der Waals surface area contributed by atoms with Crippen molar-refractivity contribution in [3.05, 3.63) is 36.2 Å². The fraction of sp³-hybridized carbons (Fsp3) is 0.533. The van der Waals surface area contributed by atoms with E-state index in [1.54, 1.807) is 13.2 Å². The molecule has 0 aliphatic heterocycles. The number of imidazole rings is 1. The Morgan fingerprint density at radius 2 is 2.27 bits per heavy atom. The molecule has 0 atom stereocenters. The number of nitrogens with zero attached hydrogens (tertiary/aromatic N) is 4. The summed E-state index contributed by atoms with van der Waals surface area (Å²) in [5, 5.41) is 10.5. The first kappa shape index (κ1) is 16.1. The van der Waals surface area contributed by atoms with E-state index in [0.29, 0.717) is 12.5 Å². The molecule has 22 heavy (non-hydrogen) atoms. The van der Waals surface area contributed by atoms with Crippen molar-refractivity contribution in [2.75, 3.05) is 13.6 Å². The maximum atomic E-state index is 5.29. The lowest BCUT2D eigenvalue weighted by Crippen LogP contribution is -2.37. The summed E-state index contributed by atoms with van der Waals surface area (Å²) in [4.78, 5) is 8.21. The molecule has 7 heteroatoms. The van der Waals surface area contributed by atoms with Gasteiger partial charge in [0, 0.05) is 38.6 Å². The van der Waals surface area contributed by atoms with Gasteiger partial charge < -0.3 is 19.7 Å². The molecule has 0 radical (unpaired) electrons. The molecule has 2 N–H and O–H groups in total. The van der Waals surface area contributed by atoms with Gasteiger partial charge in [-0.15, -0.1) is 0 Å². The van der Waals surface area contributed by atoms with E-state index in [4.69, 9.17) is 4.52 Å². The molecule has 0 aromatic carbocycles. The van der Waals surface area contributed by atoms with Crippen molar-refractivity contribution in [1.29, 1.82) is 0 Å². The summed E-state index contributed by atoms with van der Waals surface area (Å²) in [7, 11) is 1.76. The molecule has 0 aliphatic rings. The summed E-state index contributed by atoms with van der Waals surface area (Å²) in [6, 6.07) is 1.98. The Bertz CT molecular complexity index is 573. The fourth-order valence-electron chi connectivity index (χ4n) is 1.96. The van der Waals surface area contributed by atoms with Crippen LogP contribution in [0, 0.1) is 0 Å². The minimum atomic E-state index is 0.373. The minimum Gasteiger partial charge on any atom is -0.359 e. The largest absolute Gasteiger partial charge is 0.359 e. The number of nitrogens with one attached hydrogen (secondary N) is 2. The topological polar surface area (TPSA) is 80.3 Å². The van der Waals surface area contributed by atoms with Crippen LogP contribution in [0.15, 0.2) is 34.3 Å². The molecule has 7 nitrogen and oxygen atoms in total. The molecule has 0 amide bonds. The molecule has 0 bridgehead atoms. The van der Waals surface area contributed by atoms with Crippen molar-refractivity contribution in [2.24, 2.45) is 4.99 Å². The molecule has 0 saturated heterocycles. The van der Waals surface area contributed by atoms with Crippen molar-refractivity contribution in [3.8, 4) is 0 Å². The quantitative estimate of drug-likeness (QED) is 0.463. The zero-order valence-corrected chi connectivity index (χ0v) is 13.4. The van der Waals surface area contributed by atoms with E-state index < -0.39 is 0 Å². The summed E-state index contributed by atoms with van der Waals surface area (Å²) >= 11 is 0. The van der Waals surface area contributed by atoms with Crippen LogP contribution in [0.4, 0.5) is 0 Å². The van der Waals surface area contributed by atoms with Crippen LogP contribution >= 0.6 is 0 Å². The van der Waals surface area contributed by atoms with Crippen molar-refractivity contribution in [2.45, 2.75) is 39.3 Å². The average Bonchev–Trinajstić information content (AvgIpc) is 3.18. The first-order valence-electron chi connectivity index (χ1n) is 7.54. The Labute approximate surface area is 130 Å². The summed E-state index contributed by atoms with van der Waals surface area (Å²) in [5.74, 6) is 1.94. The Balaban J connectivity index is 1.68. The van der Waals surface area contributed by atoms with E-state index >= 15 is 0 Å². The molecule has 2 aromatic heterocycles. The lowest BCUT2D eigenvalue weighted by Gasteiger charge is -2.10. The Morgan fingerprint density at radius 3 is 2.91 bits per heavy atom. The van der Waals surface area contributed by atoms with Gasteiger partial charge in [0.25, 0.3) is 0 Å². The van der Waals surface area contributed by atoms with Gasteiger partial charge in [0.2, 0.25) is 0 Å².